The number of aryl methyl sites for hydroxylation is 1. The molecule has 1 heterocycles. The molecule has 35 heavy (non-hydrogen) atoms. The first kappa shape index (κ1) is 25.3. The van der Waals surface area contributed by atoms with E-state index in [0.717, 1.165) is 47.4 Å². The summed E-state index contributed by atoms with van der Waals surface area (Å²) in [4.78, 5) is 13.4. The van der Waals surface area contributed by atoms with Gasteiger partial charge < -0.3 is 5.32 Å². The summed E-state index contributed by atoms with van der Waals surface area (Å²) in [6.07, 6.45) is 3.61. The summed E-state index contributed by atoms with van der Waals surface area (Å²) in [5, 5.41) is 4.32. The minimum atomic E-state index is -2.50. The van der Waals surface area contributed by atoms with Gasteiger partial charge in [0.05, 0.1) is 11.9 Å². The molecule has 1 unspecified atom stereocenters. The van der Waals surface area contributed by atoms with Crippen molar-refractivity contribution in [3.8, 4) is 16.9 Å². The van der Waals surface area contributed by atoms with Gasteiger partial charge in [0.15, 0.2) is 5.16 Å². The molecule has 0 aliphatic carbocycles. The van der Waals surface area contributed by atoms with Crippen LogP contribution in [0.1, 0.15) is 17.5 Å². The van der Waals surface area contributed by atoms with Crippen LogP contribution < -0.4 is 5.32 Å². The molecular formula is C27H29N3O3PS+. The molecule has 0 saturated carbocycles. The SMILES string of the molecule is O=[P+](O)OCCCNCc1ccc(CCSc2ncc(-c3ccccc3)n2-c2ccccc2)cc1. The number of thioether (sulfide) groups is 1. The molecule has 1 aromatic heterocycles. The smallest absolute Gasteiger partial charge is 0.313 e. The average Bonchev–Trinajstić information content (AvgIpc) is 3.32. The maximum Gasteiger partial charge on any atom is 0.694 e. The molecule has 0 aliphatic rings. The summed E-state index contributed by atoms with van der Waals surface area (Å²) < 4.78 is 17.4. The molecule has 2 N–H and O–H groups in total. The van der Waals surface area contributed by atoms with E-state index in [2.05, 4.69) is 87.2 Å². The van der Waals surface area contributed by atoms with Gasteiger partial charge in [-0.3, -0.25) is 4.57 Å². The van der Waals surface area contributed by atoms with Crippen molar-refractivity contribution < 1.29 is 14.0 Å². The molecule has 1 atom stereocenters. The lowest BCUT2D eigenvalue weighted by atomic mass is 10.1. The summed E-state index contributed by atoms with van der Waals surface area (Å²) in [5.74, 6) is 0.933. The average molecular weight is 507 g/mol. The fraction of sp³-hybridized carbons (Fsp3) is 0.222. The van der Waals surface area contributed by atoms with E-state index in [9.17, 15) is 4.57 Å². The van der Waals surface area contributed by atoms with Crippen molar-refractivity contribution in [1.29, 1.82) is 0 Å². The maximum atomic E-state index is 10.5. The van der Waals surface area contributed by atoms with E-state index in [1.807, 2.05) is 18.3 Å². The summed E-state index contributed by atoms with van der Waals surface area (Å²) in [5.41, 5.74) is 5.86. The fourth-order valence-electron chi connectivity index (χ4n) is 3.73. The van der Waals surface area contributed by atoms with Crippen LogP contribution in [0.15, 0.2) is 96.3 Å². The highest BCUT2D eigenvalue weighted by Gasteiger charge is 2.14. The Labute approximate surface area is 211 Å². The first-order chi connectivity index (χ1) is 17.2. The van der Waals surface area contributed by atoms with Gasteiger partial charge >= 0.3 is 8.25 Å². The highest BCUT2D eigenvalue weighted by molar-refractivity contribution is 7.99. The molecule has 6 nitrogen and oxygen atoms in total. The zero-order chi connectivity index (χ0) is 24.3. The van der Waals surface area contributed by atoms with Crippen molar-refractivity contribution in [2.75, 3.05) is 18.9 Å². The Bertz CT molecular complexity index is 1200. The largest absolute Gasteiger partial charge is 0.694 e. The van der Waals surface area contributed by atoms with Crippen LogP contribution in [0.5, 0.6) is 0 Å². The van der Waals surface area contributed by atoms with E-state index in [1.165, 1.54) is 11.1 Å². The molecule has 8 heteroatoms. The van der Waals surface area contributed by atoms with E-state index in [0.29, 0.717) is 6.42 Å². The number of aromatic nitrogens is 2. The van der Waals surface area contributed by atoms with Crippen molar-refractivity contribution >= 4 is 20.0 Å². The summed E-state index contributed by atoms with van der Waals surface area (Å²) >= 11 is 1.77. The Morgan fingerprint density at radius 3 is 2.34 bits per heavy atom. The standard InChI is InChI=1S/C27H28N3O3PS/c31-34(32)33-18-7-17-28-20-23-14-12-22(13-15-23)16-19-35-27-29-21-26(24-8-3-1-4-9-24)30(27)25-10-5-2-6-11-25/h1-6,8-15,21,28H,7,16-20H2/p+1. The summed E-state index contributed by atoms with van der Waals surface area (Å²) in [6, 6.07) is 29.4. The van der Waals surface area contributed by atoms with Gasteiger partial charge in [-0.2, -0.15) is 0 Å². The number of rotatable bonds is 13. The van der Waals surface area contributed by atoms with Crippen molar-refractivity contribution in [1.82, 2.24) is 14.9 Å². The van der Waals surface area contributed by atoms with E-state index in [4.69, 9.17) is 9.88 Å². The van der Waals surface area contributed by atoms with Gasteiger partial charge in [0.2, 0.25) is 0 Å². The number of imidazole rings is 1. The third-order valence-corrected chi connectivity index (χ3v) is 6.84. The number of para-hydroxylation sites is 1. The number of hydrogen-bond acceptors (Lipinski definition) is 5. The van der Waals surface area contributed by atoms with Crippen LogP contribution in [-0.4, -0.2) is 33.3 Å². The van der Waals surface area contributed by atoms with Gasteiger partial charge in [-0.15, -0.1) is 9.42 Å². The number of nitrogens with one attached hydrogen (secondary N) is 1. The molecule has 0 fully saturated rings. The van der Waals surface area contributed by atoms with Gasteiger partial charge in [-0.1, -0.05) is 84.6 Å². The van der Waals surface area contributed by atoms with E-state index < -0.39 is 8.25 Å². The van der Waals surface area contributed by atoms with Gasteiger partial charge in [0, 0.05) is 28.1 Å². The van der Waals surface area contributed by atoms with Crippen LogP contribution in [0.2, 0.25) is 0 Å². The van der Waals surface area contributed by atoms with Crippen LogP contribution in [0.4, 0.5) is 0 Å². The lowest BCUT2D eigenvalue weighted by Gasteiger charge is -2.12. The van der Waals surface area contributed by atoms with E-state index >= 15 is 0 Å². The van der Waals surface area contributed by atoms with Crippen molar-refractivity contribution in [3.05, 3.63) is 102 Å². The van der Waals surface area contributed by atoms with Crippen LogP contribution in [0.3, 0.4) is 0 Å². The Balaban J connectivity index is 1.32. The predicted octanol–water partition coefficient (Wildman–Crippen LogP) is 6.02. The second-order valence-corrected chi connectivity index (χ2v) is 9.78. The minimum absolute atomic E-state index is 0.282. The molecule has 0 spiro atoms. The van der Waals surface area contributed by atoms with Crippen molar-refractivity contribution in [3.63, 3.8) is 0 Å². The first-order valence-electron chi connectivity index (χ1n) is 11.6. The van der Waals surface area contributed by atoms with Crippen LogP contribution in [0, 0.1) is 0 Å². The second-order valence-electron chi connectivity index (χ2n) is 7.98. The van der Waals surface area contributed by atoms with E-state index in [1.54, 1.807) is 11.8 Å². The molecular weight excluding hydrogens is 477 g/mol. The highest BCUT2D eigenvalue weighted by Crippen LogP contribution is 2.30. The quantitative estimate of drug-likeness (QED) is 0.131. The lowest BCUT2D eigenvalue weighted by Crippen LogP contribution is -2.15. The van der Waals surface area contributed by atoms with Crippen molar-refractivity contribution in [2.45, 2.75) is 24.5 Å². The second kappa shape index (κ2) is 13.3. The zero-order valence-corrected chi connectivity index (χ0v) is 21.1. The predicted molar refractivity (Wildman–Crippen MR) is 142 cm³/mol. The molecule has 0 radical (unpaired) electrons. The number of hydrogen-bond donors (Lipinski definition) is 2. The third kappa shape index (κ3) is 7.59. The first-order valence-corrected chi connectivity index (χ1v) is 13.7. The minimum Gasteiger partial charge on any atom is -0.313 e. The van der Waals surface area contributed by atoms with Gasteiger partial charge in [0.25, 0.3) is 0 Å². The molecule has 0 saturated heterocycles. The Morgan fingerprint density at radius 2 is 1.63 bits per heavy atom. The van der Waals surface area contributed by atoms with Crippen LogP contribution >= 0.6 is 20.0 Å². The van der Waals surface area contributed by atoms with Gasteiger partial charge in [-0.05, 0) is 42.6 Å². The normalized spacial score (nSPS) is 11.5. The summed E-state index contributed by atoms with van der Waals surface area (Å²) in [6.45, 7) is 1.78. The Kier molecular flexibility index (Phi) is 9.64. The van der Waals surface area contributed by atoms with Gasteiger partial charge in [-0.25, -0.2) is 4.98 Å². The maximum absolute atomic E-state index is 10.5. The molecule has 4 rings (SSSR count). The van der Waals surface area contributed by atoms with Crippen LogP contribution in [-0.2, 0) is 22.1 Å². The highest BCUT2D eigenvalue weighted by atomic mass is 32.2. The van der Waals surface area contributed by atoms with Crippen molar-refractivity contribution in [2.24, 2.45) is 0 Å². The van der Waals surface area contributed by atoms with Gasteiger partial charge in [0.1, 0.15) is 6.61 Å². The molecule has 4 aromatic rings. The third-order valence-electron chi connectivity index (χ3n) is 5.49. The monoisotopic (exact) mass is 506 g/mol. The Morgan fingerprint density at radius 1 is 0.943 bits per heavy atom. The molecule has 0 bridgehead atoms. The number of benzene rings is 3. The topological polar surface area (TPSA) is 76.4 Å². The fourth-order valence-corrected chi connectivity index (χ4v) is 5.00. The molecule has 0 aliphatic heterocycles. The van der Waals surface area contributed by atoms with E-state index in [-0.39, 0.29) is 6.61 Å². The molecule has 3 aromatic carbocycles. The summed E-state index contributed by atoms with van der Waals surface area (Å²) in [7, 11) is -2.50. The number of nitrogens with zero attached hydrogens (tertiary/aromatic N) is 2. The lowest BCUT2D eigenvalue weighted by molar-refractivity contribution is 0.276. The molecule has 0 amide bonds. The molecule has 180 valence electrons. The zero-order valence-electron chi connectivity index (χ0n) is 19.4. The Hall–Kier alpha value is -2.80. The van der Waals surface area contributed by atoms with Crippen LogP contribution in [0.25, 0.3) is 16.9 Å².